The minimum Gasteiger partial charge on any atom is -0.494 e. The summed E-state index contributed by atoms with van der Waals surface area (Å²) in [5.41, 5.74) is 1.38. The van der Waals surface area contributed by atoms with Crippen molar-refractivity contribution in [2.75, 3.05) is 6.61 Å². The SMILES string of the molecule is CCCCOc1ccc(OC(=O)Cn2c3ccccc3c(=O)c3ccccc32)cc1. The molecule has 3 aromatic carbocycles. The number of hydrogen-bond acceptors (Lipinski definition) is 4. The van der Waals surface area contributed by atoms with Crippen LogP contribution >= 0.6 is 0 Å². The van der Waals surface area contributed by atoms with E-state index in [9.17, 15) is 9.59 Å². The summed E-state index contributed by atoms with van der Waals surface area (Å²) in [6.45, 7) is 2.78. The van der Waals surface area contributed by atoms with E-state index < -0.39 is 5.97 Å². The van der Waals surface area contributed by atoms with Crippen molar-refractivity contribution < 1.29 is 14.3 Å². The lowest BCUT2D eigenvalue weighted by Crippen LogP contribution is -2.19. The molecular weight excluding hydrogens is 378 g/mol. The summed E-state index contributed by atoms with van der Waals surface area (Å²) in [6.07, 6.45) is 2.07. The van der Waals surface area contributed by atoms with Gasteiger partial charge in [0.15, 0.2) is 5.43 Å². The normalized spacial score (nSPS) is 11.0. The van der Waals surface area contributed by atoms with E-state index in [1.807, 2.05) is 41.0 Å². The molecule has 0 spiro atoms. The Balaban J connectivity index is 1.59. The molecule has 4 rings (SSSR count). The predicted molar refractivity (Wildman–Crippen MR) is 118 cm³/mol. The van der Waals surface area contributed by atoms with Crippen molar-refractivity contribution in [2.24, 2.45) is 0 Å². The van der Waals surface area contributed by atoms with Crippen LogP contribution in [0.2, 0.25) is 0 Å². The Morgan fingerprint density at radius 1 is 0.833 bits per heavy atom. The van der Waals surface area contributed by atoms with E-state index in [1.54, 1.807) is 36.4 Å². The molecule has 0 atom stereocenters. The third kappa shape index (κ3) is 4.06. The molecule has 0 aliphatic rings. The molecule has 0 bridgehead atoms. The second-order valence-corrected chi connectivity index (χ2v) is 7.10. The molecule has 5 heteroatoms. The number of aromatic nitrogens is 1. The summed E-state index contributed by atoms with van der Waals surface area (Å²) < 4.78 is 13.0. The number of benzene rings is 3. The maximum Gasteiger partial charge on any atom is 0.331 e. The zero-order chi connectivity index (χ0) is 20.9. The quantitative estimate of drug-likeness (QED) is 0.190. The Labute approximate surface area is 174 Å². The van der Waals surface area contributed by atoms with Crippen molar-refractivity contribution in [3.63, 3.8) is 0 Å². The van der Waals surface area contributed by atoms with E-state index in [2.05, 4.69) is 6.92 Å². The summed E-state index contributed by atoms with van der Waals surface area (Å²) in [6, 6.07) is 21.7. The van der Waals surface area contributed by atoms with Crippen LogP contribution < -0.4 is 14.9 Å². The molecule has 30 heavy (non-hydrogen) atoms. The Hall–Kier alpha value is -3.60. The van der Waals surface area contributed by atoms with Crippen LogP contribution in [0.5, 0.6) is 11.5 Å². The molecule has 1 heterocycles. The molecule has 0 saturated carbocycles. The topological polar surface area (TPSA) is 57.5 Å². The Morgan fingerprint density at radius 2 is 1.40 bits per heavy atom. The molecule has 0 saturated heterocycles. The third-order valence-corrected chi connectivity index (χ3v) is 4.99. The van der Waals surface area contributed by atoms with Crippen LogP contribution in [-0.4, -0.2) is 17.1 Å². The fourth-order valence-corrected chi connectivity index (χ4v) is 3.48. The lowest BCUT2D eigenvalue weighted by atomic mass is 10.1. The van der Waals surface area contributed by atoms with Crippen molar-refractivity contribution in [3.8, 4) is 11.5 Å². The first-order valence-corrected chi connectivity index (χ1v) is 10.1. The summed E-state index contributed by atoms with van der Waals surface area (Å²) >= 11 is 0. The summed E-state index contributed by atoms with van der Waals surface area (Å²) in [4.78, 5) is 25.5. The predicted octanol–water partition coefficient (Wildman–Crippen LogP) is 4.94. The molecule has 5 nitrogen and oxygen atoms in total. The number of para-hydroxylation sites is 2. The Kier molecular flexibility index (Phi) is 5.80. The summed E-state index contributed by atoms with van der Waals surface area (Å²) in [5, 5.41) is 1.16. The number of fused-ring (bicyclic) bond motifs is 2. The van der Waals surface area contributed by atoms with Gasteiger partial charge in [-0.05, 0) is 55.0 Å². The Morgan fingerprint density at radius 3 is 2.00 bits per heavy atom. The third-order valence-electron chi connectivity index (χ3n) is 4.99. The highest BCUT2D eigenvalue weighted by Gasteiger charge is 2.14. The van der Waals surface area contributed by atoms with Crippen LogP contribution in [0.3, 0.4) is 0 Å². The van der Waals surface area contributed by atoms with Gasteiger partial charge in [0.2, 0.25) is 0 Å². The molecule has 0 N–H and O–H groups in total. The minimum absolute atomic E-state index is 0.00391. The van der Waals surface area contributed by atoms with Crippen LogP contribution in [0, 0.1) is 0 Å². The second-order valence-electron chi connectivity index (χ2n) is 7.10. The number of pyridine rings is 1. The van der Waals surface area contributed by atoms with Crippen LogP contribution in [-0.2, 0) is 11.3 Å². The van der Waals surface area contributed by atoms with Gasteiger partial charge in [0, 0.05) is 10.8 Å². The van der Waals surface area contributed by atoms with Crippen LogP contribution in [0.4, 0.5) is 0 Å². The van der Waals surface area contributed by atoms with Gasteiger partial charge in [-0.15, -0.1) is 0 Å². The minimum atomic E-state index is -0.409. The smallest absolute Gasteiger partial charge is 0.331 e. The molecule has 1 aromatic heterocycles. The van der Waals surface area contributed by atoms with Gasteiger partial charge in [0.05, 0.1) is 17.6 Å². The van der Waals surface area contributed by atoms with E-state index in [0.29, 0.717) is 34.2 Å². The fourth-order valence-electron chi connectivity index (χ4n) is 3.48. The number of carbonyl (C=O) groups excluding carboxylic acids is 1. The van der Waals surface area contributed by atoms with Crippen LogP contribution in [0.1, 0.15) is 19.8 Å². The van der Waals surface area contributed by atoms with Gasteiger partial charge >= 0.3 is 5.97 Å². The largest absolute Gasteiger partial charge is 0.494 e. The molecule has 0 unspecified atom stereocenters. The second kappa shape index (κ2) is 8.82. The number of esters is 1. The number of unbranched alkanes of at least 4 members (excludes halogenated alkanes) is 1. The number of nitrogens with zero attached hydrogens (tertiary/aromatic N) is 1. The first-order chi connectivity index (χ1) is 14.7. The number of hydrogen-bond donors (Lipinski definition) is 0. The van der Waals surface area contributed by atoms with Crippen molar-refractivity contribution in [3.05, 3.63) is 83.0 Å². The molecular formula is C25H23NO4. The van der Waals surface area contributed by atoms with E-state index in [-0.39, 0.29) is 12.0 Å². The van der Waals surface area contributed by atoms with Gasteiger partial charge < -0.3 is 14.0 Å². The molecule has 0 amide bonds. The monoisotopic (exact) mass is 401 g/mol. The van der Waals surface area contributed by atoms with Gasteiger partial charge in [-0.25, -0.2) is 4.79 Å². The lowest BCUT2D eigenvalue weighted by Gasteiger charge is -2.14. The highest BCUT2D eigenvalue weighted by Crippen LogP contribution is 2.21. The van der Waals surface area contributed by atoms with Crippen LogP contribution in [0.15, 0.2) is 77.6 Å². The maximum atomic E-state index is 12.8. The number of rotatable bonds is 7. The van der Waals surface area contributed by atoms with Crippen molar-refractivity contribution >= 4 is 27.8 Å². The molecule has 4 aromatic rings. The summed E-state index contributed by atoms with van der Waals surface area (Å²) in [7, 11) is 0. The van der Waals surface area contributed by atoms with Crippen molar-refractivity contribution in [1.29, 1.82) is 0 Å². The zero-order valence-electron chi connectivity index (χ0n) is 16.8. The van der Waals surface area contributed by atoms with Gasteiger partial charge in [-0.3, -0.25) is 4.79 Å². The summed E-state index contributed by atoms with van der Waals surface area (Å²) in [5.74, 6) is 0.798. The van der Waals surface area contributed by atoms with Crippen molar-refractivity contribution in [1.82, 2.24) is 4.57 Å². The molecule has 152 valence electrons. The van der Waals surface area contributed by atoms with E-state index in [4.69, 9.17) is 9.47 Å². The van der Waals surface area contributed by atoms with E-state index >= 15 is 0 Å². The van der Waals surface area contributed by atoms with Crippen molar-refractivity contribution in [2.45, 2.75) is 26.3 Å². The number of carbonyl (C=O) groups is 1. The van der Waals surface area contributed by atoms with Crippen LogP contribution in [0.25, 0.3) is 21.8 Å². The average Bonchev–Trinajstić information content (AvgIpc) is 2.78. The van der Waals surface area contributed by atoms with Gasteiger partial charge in [-0.1, -0.05) is 37.6 Å². The fraction of sp³-hybridized carbons (Fsp3) is 0.200. The molecule has 0 fully saturated rings. The van der Waals surface area contributed by atoms with E-state index in [0.717, 1.165) is 18.6 Å². The van der Waals surface area contributed by atoms with E-state index in [1.165, 1.54) is 0 Å². The average molecular weight is 401 g/mol. The lowest BCUT2D eigenvalue weighted by molar-refractivity contribution is -0.134. The Bertz CT molecular complexity index is 1180. The van der Waals surface area contributed by atoms with Gasteiger partial charge in [0.1, 0.15) is 18.0 Å². The molecule has 0 aliphatic heterocycles. The van der Waals surface area contributed by atoms with Gasteiger partial charge in [0.25, 0.3) is 0 Å². The highest BCUT2D eigenvalue weighted by atomic mass is 16.5. The highest BCUT2D eigenvalue weighted by molar-refractivity contribution is 5.94. The first-order valence-electron chi connectivity index (χ1n) is 10.1. The first kappa shape index (κ1) is 19.7. The van der Waals surface area contributed by atoms with Gasteiger partial charge in [-0.2, -0.15) is 0 Å². The molecule has 0 radical (unpaired) electrons. The zero-order valence-corrected chi connectivity index (χ0v) is 16.8. The number of ether oxygens (including phenoxy) is 2. The molecule has 0 aliphatic carbocycles. The standard InChI is InChI=1S/C25H23NO4/c1-2-3-16-29-18-12-14-19(15-13-18)30-24(27)17-26-22-10-6-4-8-20(22)25(28)21-9-5-7-11-23(21)26/h4-15H,2-3,16-17H2,1H3. The maximum absolute atomic E-state index is 12.8.